The Balaban J connectivity index is 2.66. The van der Waals surface area contributed by atoms with Gasteiger partial charge in [-0.05, 0) is 32.9 Å². The van der Waals surface area contributed by atoms with Gasteiger partial charge in [0.1, 0.15) is 0 Å². The van der Waals surface area contributed by atoms with E-state index in [4.69, 9.17) is 5.11 Å². The number of carbonyl (C=O) groups is 1. The molecule has 1 N–H and O–H groups in total. The SMILES string of the molecule is CCN1CCCC[C@H](C(=O)O)[C@H]1C. The molecule has 0 aromatic carbocycles. The number of hydrogen-bond acceptors (Lipinski definition) is 2. The second-order valence-electron chi connectivity index (χ2n) is 3.81. The average Bonchev–Trinajstić information content (AvgIpc) is 2.26. The van der Waals surface area contributed by atoms with Crippen molar-refractivity contribution in [2.45, 2.75) is 39.2 Å². The van der Waals surface area contributed by atoms with Crippen LogP contribution < -0.4 is 0 Å². The number of likely N-dealkylation sites (tertiary alicyclic amines) is 1. The van der Waals surface area contributed by atoms with E-state index in [-0.39, 0.29) is 12.0 Å². The van der Waals surface area contributed by atoms with Gasteiger partial charge in [0, 0.05) is 6.04 Å². The van der Waals surface area contributed by atoms with Gasteiger partial charge in [-0.25, -0.2) is 0 Å². The van der Waals surface area contributed by atoms with E-state index in [1.807, 2.05) is 6.92 Å². The molecule has 76 valence electrons. The summed E-state index contributed by atoms with van der Waals surface area (Å²) in [6, 6.07) is 0.199. The Morgan fingerprint density at radius 2 is 2.23 bits per heavy atom. The van der Waals surface area contributed by atoms with Crippen molar-refractivity contribution in [1.29, 1.82) is 0 Å². The highest BCUT2D eigenvalue weighted by Gasteiger charge is 2.30. The molecule has 13 heavy (non-hydrogen) atoms. The molecule has 3 heteroatoms. The second kappa shape index (κ2) is 4.61. The van der Waals surface area contributed by atoms with Gasteiger partial charge >= 0.3 is 5.97 Å². The molecule has 0 aromatic heterocycles. The molecule has 1 rings (SSSR count). The lowest BCUT2D eigenvalue weighted by molar-refractivity contribution is -0.143. The largest absolute Gasteiger partial charge is 0.481 e. The van der Waals surface area contributed by atoms with E-state index in [2.05, 4.69) is 11.8 Å². The summed E-state index contributed by atoms with van der Waals surface area (Å²) in [5.41, 5.74) is 0. The summed E-state index contributed by atoms with van der Waals surface area (Å²) in [5.74, 6) is -0.796. The summed E-state index contributed by atoms with van der Waals surface area (Å²) in [7, 11) is 0. The Hall–Kier alpha value is -0.570. The maximum atomic E-state index is 11.0. The third kappa shape index (κ3) is 2.44. The third-order valence-electron chi connectivity index (χ3n) is 3.09. The molecule has 0 aliphatic carbocycles. The maximum Gasteiger partial charge on any atom is 0.308 e. The summed E-state index contributed by atoms with van der Waals surface area (Å²) in [6.07, 6.45) is 3.03. The first kappa shape index (κ1) is 10.5. The lowest BCUT2D eigenvalue weighted by atomic mass is 9.96. The number of carboxylic acid groups (broad SMARTS) is 1. The molecule has 3 nitrogen and oxygen atoms in total. The van der Waals surface area contributed by atoms with E-state index in [1.54, 1.807) is 0 Å². The predicted octanol–water partition coefficient (Wildman–Crippen LogP) is 1.58. The Labute approximate surface area is 79.7 Å². The van der Waals surface area contributed by atoms with Crippen molar-refractivity contribution in [1.82, 2.24) is 4.90 Å². The van der Waals surface area contributed by atoms with Crippen LogP contribution in [-0.2, 0) is 4.79 Å². The molecule has 0 aromatic rings. The number of nitrogens with zero attached hydrogens (tertiary/aromatic N) is 1. The first-order valence-electron chi connectivity index (χ1n) is 5.13. The number of rotatable bonds is 2. The maximum absolute atomic E-state index is 11.0. The fourth-order valence-electron chi connectivity index (χ4n) is 2.15. The van der Waals surface area contributed by atoms with Gasteiger partial charge in [-0.2, -0.15) is 0 Å². The van der Waals surface area contributed by atoms with Crippen LogP contribution in [0.1, 0.15) is 33.1 Å². The molecule has 2 atom stereocenters. The van der Waals surface area contributed by atoms with Crippen LogP contribution in [0.4, 0.5) is 0 Å². The van der Waals surface area contributed by atoms with Crippen molar-refractivity contribution in [3.8, 4) is 0 Å². The highest BCUT2D eigenvalue weighted by Crippen LogP contribution is 2.22. The molecule has 1 heterocycles. The van der Waals surface area contributed by atoms with Crippen LogP contribution in [-0.4, -0.2) is 35.1 Å². The summed E-state index contributed by atoms with van der Waals surface area (Å²) in [4.78, 5) is 13.2. The standard InChI is InChI=1S/C10H19NO2/c1-3-11-7-5-4-6-9(8(11)2)10(12)13/h8-9H,3-7H2,1-2H3,(H,12,13)/t8-,9+/m1/s1. The van der Waals surface area contributed by atoms with Crippen molar-refractivity contribution < 1.29 is 9.90 Å². The first-order chi connectivity index (χ1) is 6.16. The van der Waals surface area contributed by atoms with Crippen LogP contribution in [0.2, 0.25) is 0 Å². The van der Waals surface area contributed by atoms with Gasteiger partial charge in [0.2, 0.25) is 0 Å². The molecular weight excluding hydrogens is 166 g/mol. The Morgan fingerprint density at radius 3 is 2.77 bits per heavy atom. The number of hydrogen-bond donors (Lipinski definition) is 1. The van der Waals surface area contributed by atoms with E-state index < -0.39 is 5.97 Å². The minimum Gasteiger partial charge on any atom is -0.481 e. The van der Waals surface area contributed by atoms with Gasteiger partial charge in [-0.1, -0.05) is 13.3 Å². The molecule has 1 aliphatic rings. The van der Waals surface area contributed by atoms with Gasteiger partial charge in [-0.15, -0.1) is 0 Å². The average molecular weight is 185 g/mol. The molecule has 0 saturated carbocycles. The molecule has 0 unspecified atom stereocenters. The van der Waals surface area contributed by atoms with Crippen LogP contribution in [0.15, 0.2) is 0 Å². The second-order valence-corrected chi connectivity index (χ2v) is 3.81. The molecule has 0 bridgehead atoms. The van der Waals surface area contributed by atoms with Crippen LogP contribution in [0.25, 0.3) is 0 Å². The third-order valence-corrected chi connectivity index (χ3v) is 3.09. The zero-order valence-electron chi connectivity index (χ0n) is 8.49. The van der Waals surface area contributed by atoms with Crippen molar-refractivity contribution in [3.63, 3.8) is 0 Å². The quantitative estimate of drug-likeness (QED) is 0.710. The van der Waals surface area contributed by atoms with Crippen molar-refractivity contribution in [2.24, 2.45) is 5.92 Å². The summed E-state index contributed by atoms with van der Waals surface area (Å²) >= 11 is 0. The highest BCUT2D eigenvalue weighted by molar-refractivity contribution is 5.70. The molecule has 1 aliphatic heterocycles. The fourth-order valence-corrected chi connectivity index (χ4v) is 2.15. The monoisotopic (exact) mass is 185 g/mol. The van der Waals surface area contributed by atoms with Gasteiger partial charge in [0.25, 0.3) is 0 Å². The van der Waals surface area contributed by atoms with Crippen molar-refractivity contribution >= 4 is 5.97 Å². The normalized spacial score (nSPS) is 31.2. The number of aliphatic carboxylic acids is 1. The topological polar surface area (TPSA) is 40.5 Å². The molecule has 1 saturated heterocycles. The van der Waals surface area contributed by atoms with Crippen molar-refractivity contribution in [2.75, 3.05) is 13.1 Å². The fraction of sp³-hybridized carbons (Fsp3) is 0.900. The van der Waals surface area contributed by atoms with E-state index in [9.17, 15) is 4.79 Å². The zero-order valence-corrected chi connectivity index (χ0v) is 8.49. The van der Waals surface area contributed by atoms with E-state index >= 15 is 0 Å². The summed E-state index contributed by atoms with van der Waals surface area (Å²) < 4.78 is 0. The first-order valence-corrected chi connectivity index (χ1v) is 5.13. The Morgan fingerprint density at radius 1 is 1.54 bits per heavy atom. The van der Waals surface area contributed by atoms with Gasteiger partial charge < -0.3 is 10.0 Å². The smallest absolute Gasteiger partial charge is 0.308 e. The van der Waals surface area contributed by atoms with Crippen molar-refractivity contribution in [3.05, 3.63) is 0 Å². The lowest BCUT2D eigenvalue weighted by Crippen LogP contribution is -2.40. The van der Waals surface area contributed by atoms with Crippen LogP contribution in [0.5, 0.6) is 0 Å². The van der Waals surface area contributed by atoms with Gasteiger partial charge in [0.15, 0.2) is 0 Å². The predicted molar refractivity (Wildman–Crippen MR) is 51.7 cm³/mol. The Bertz CT molecular complexity index is 182. The van der Waals surface area contributed by atoms with Gasteiger partial charge in [-0.3, -0.25) is 4.79 Å². The van der Waals surface area contributed by atoms with Crippen LogP contribution in [0, 0.1) is 5.92 Å². The molecule has 0 amide bonds. The van der Waals surface area contributed by atoms with Crippen LogP contribution >= 0.6 is 0 Å². The van der Waals surface area contributed by atoms with E-state index in [0.717, 1.165) is 32.4 Å². The molecule has 0 radical (unpaired) electrons. The Kier molecular flexibility index (Phi) is 3.72. The van der Waals surface area contributed by atoms with Gasteiger partial charge in [0.05, 0.1) is 5.92 Å². The highest BCUT2D eigenvalue weighted by atomic mass is 16.4. The van der Waals surface area contributed by atoms with E-state index in [0.29, 0.717) is 0 Å². The number of carboxylic acids is 1. The molecular formula is C10H19NO2. The minimum absolute atomic E-state index is 0.164. The molecule has 0 spiro atoms. The zero-order chi connectivity index (χ0) is 9.84. The van der Waals surface area contributed by atoms with E-state index in [1.165, 1.54) is 0 Å². The minimum atomic E-state index is -0.632. The lowest BCUT2D eigenvalue weighted by Gasteiger charge is -2.28. The molecule has 1 fully saturated rings. The summed E-state index contributed by atoms with van der Waals surface area (Å²) in [6.45, 7) is 6.15. The van der Waals surface area contributed by atoms with Crippen LogP contribution in [0.3, 0.4) is 0 Å². The summed E-state index contributed by atoms with van der Waals surface area (Å²) in [5, 5.41) is 9.02.